The summed E-state index contributed by atoms with van der Waals surface area (Å²) in [4.78, 5) is 17.4. The monoisotopic (exact) mass is 450 g/mol. The van der Waals surface area contributed by atoms with Crippen LogP contribution in [-0.2, 0) is 28.9 Å². The van der Waals surface area contributed by atoms with Gasteiger partial charge in [0.1, 0.15) is 5.78 Å². The maximum atomic E-state index is 13.1. The second-order valence-electron chi connectivity index (χ2n) is 8.32. The lowest BCUT2D eigenvalue weighted by Crippen LogP contribution is -2.11. The van der Waals surface area contributed by atoms with Crippen LogP contribution in [0.4, 0.5) is 0 Å². The molecule has 0 amide bonds. The topological polar surface area (TPSA) is 61.4 Å². The second-order valence-corrected chi connectivity index (χ2v) is 8.32. The number of Topliss-reactive ketones (excluding diaryl/α,β-unsaturated/α-hetero) is 1. The van der Waals surface area contributed by atoms with Gasteiger partial charge in [-0.25, -0.2) is 4.98 Å². The van der Waals surface area contributed by atoms with Crippen molar-refractivity contribution in [3.05, 3.63) is 103 Å². The van der Waals surface area contributed by atoms with E-state index in [-0.39, 0.29) is 5.78 Å². The first-order chi connectivity index (χ1) is 16.7. The van der Waals surface area contributed by atoms with E-state index in [1.807, 2.05) is 76.2 Å². The number of aromatic nitrogens is 4. The highest BCUT2D eigenvalue weighted by Gasteiger charge is 2.14. The number of hydrogen-bond donors (Lipinski definition) is 0. The summed E-state index contributed by atoms with van der Waals surface area (Å²) in [5.74, 6) is 0.165. The SMILES string of the molecule is COCCn1cc(-c2ccc(CC(=O)Cc3c(-c4ccccc4)ccc4cncn34)cc2)cn1. The van der Waals surface area contributed by atoms with E-state index in [4.69, 9.17) is 4.74 Å². The number of pyridine rings is 1. The molecule has 0 spiro atoms. The van der Waals surface area contributed by atoms with Crippen LogP contribution in [0, 0.1) is 0 Å². The molecular formula is C28H26N4O2. The molecule has 0 fully saturated rings. The Bertz CT molecular complexity index is 1400. The summed E-state index contributed by atoms with van der Waals surface area (Å²) in [7, 11) is 1.68. The van der Waals surface area contributed by atoms with E-state index in [0.29, 0.717) is 19.4 Å². The van der Waals surface area contributed by atoms with Crippen LogP contribution in [0.3, 0.4) is 0 Å². The third-order valence-corrected chi connectivity index (χ3v) is 5.99. The Balaban J connectivity index is 1.33. The van der Waals surface area contributed by atoms with Crippen LogP contribution in [-0.4, -0.2) is 38.7 Å². The van der Waals surface area contributed by atoms with Gasteiger partial charge in [0, 0.05) is 43.0 Å². The maximum absolute atomic E-state index is 13.1. The summed E-state index contributed by atoms with van der Waals surface area (Å²) in [6.45, 7) is 1.35. The van der Waals surface area contributed by atoms with Gasteiger partial charge in [-0.1, -0.05) is 60.7 Å². The predicted molar refractivity (Wildman–Crippen MR) is 133 cm³/mol. The molecule has 170 valence electrons. The second kappa shape index (κ2) is 9.85. The van der Waals surface area contributed by atoms with Crippen LogP contribution >= 0.6 is 0 Å². The molecule has 0 N–H and O–H groups in total. The normalized spacial score (nSPS) is 11.2. The minimum Gasteiger partial charge on any atom is -0.383 e. The molecule has 3 heterocycles. The van der Waals surface area contributed by atoms with Gasteiger partial charge in [0.2, 0.25) is 0 Å². The number of carbonyl (C=O) groups excluding carboxylic acids is 1. The van der Waals surface area contributed by atoms with Crippen LogP contribution < -0.4 is 0 Å². The van der Waals surface area contributed by atoms with Gasteiger partial charge in [-0.2, -0.15) is 5.10 Å². The van der Waals surface area contributed by atoms with Gasteiger partial charge in [-0.15, -0.1) is 0 Å². The van der Waals surface area contributed by atoms with E-state index < -0.39 is 0 Å². The molecule has 0 atom stereocenters. The van der Waals surface area contributed by atoms with Gasteiger partial charge < -0.3 is 9.14 Å². The Morgan fingerprint density at radius 1 is 0.882 bits per heavy atom. The number of hydrogen-bond acceptors (Lipinski definition) is 4. The van der Waals surface area contributed by atoms with Crippen molar-refractivity contribution < 1.29 is 9.53 Å². The first kappa shape index (κ1) is 21.8. The molecule has 3 aromatic heterocycles. The van der Waals surface area contributed by atoms with Crippen molar-refractivity contribution in [3.63, 3.8) is 0 Å². The van der Waals surface area contributed by atoms with Gasteiger partial charge in [0.05, 0.1) is 37.4 Å². The fraction of sp³-hybridized carbons (Fsp3) is 0.179. The van der Waals surface area contributed by atoms with Crippen molar-refractivity contribution in [1.82, 2.24) is 19.2 Å². The highest BCUT2D eigenvalue weighted by molar-refractivity contribution is 5.85. The molecule has 5 rings (SSSR count). The van der Waals surface area contributed by atoms with Gasteiger partial charge >= 0.3 is 0 Å². The average molecular weight is 451 g/mol. The molecule has 0 unspecified atom stereocenters. The van der Waals surface area contributed by atoms with E-state index in [1.54, 1.807) is 13.4 Å². The fourth-order valence-electron chi connectivity index (χ4n) is 4.22. The van der Waals surface area contributed by atoms with Crippen LogP contribution in [0.5, 0.6) is 0 Å². The zero-order chi connectivity index (χ0) is 23.3. The molecule has 0 aliphatic carbocycles. The minimum atomic E-state index is 0.165. The van der Waals surface area contributed by atoms with Gasteiger partial charge in [-0.05, 0) is 22.8 Å². The number of fused-ring (bicyclic) bond motifs is 1. The Hall–Kier alpha value is -4.03. The smallest absolute Gasteiger partial charge is 0.143 e. The van der Waals surface area contributed by atoms with Crippen molar-refractivity contribution in [2.75, 3.05) is 13.7 Å². The number of methoxy groups -OCH3 is 1. The summed E-state index contributed by atoms with van der Waals surface area (Å²) in [5.41, 5.74) is 7.23. The standard InChI is InChI=1S/C28H26N4O2/c1-34-14-13-31-19-24(17-30-31)22-9-7-21(8-10-22)15-26(33)16-28-27(23-5-3-2-4-6-23)12-11-25-18-29-20-32(25)28/h2-12,17-20H,13-16H2,1H3. The highest BCUT2D eigenvalue weighted by Crippen LogP contribution is 2.26. The van der Waals surface area contributed by atoms with Gasteiger partial charge in [-0.3, -0.25) is 9.48 Å². The number of carbonyl (C=O) groups is 1. The molecule has 34 heavy (non-hydrogen) atoms. The third kappa shape index (κ3) is 4.67. The van der Waals surface area contributed by atoms with Crippen LogP contribution in [0.25, 0.3) is 27.8 Å². The molecule has 6 nitrogen and oxygen atoms in total. The highest BCUT2D eigenvalue weighted by atomic mass is 16.5. The average Bonchev–Trinajstić information content (AvgIpc) is 3.54. The first-order valence-corrected chi connectivity index (χ1v) is 11.3. The van der Waals surface area contributed by atoms with Crippen molar-refractivity contribution in [2.45, 2.75) is 19.4 Å². The lowest BCUT2D eigenvalue weighted by molar-refractivity contribution is -0.117. The van der Waals surface area contributed by atoms with Crippen molar-refractivity contribution in [3.8, 4) is 22.3 Å². The summed E-state index contributed by atoms with van der Waals surface area (Å²) in [6, 6.07) is 22.4. The van der Waals surface area contributed by atoms with Crippen LogP contribution in [0.15, 0.2) is 91.6 Å². The van der Waals surface area contributed by atoms with E-state index >= 15 is 0 Å². The Morgan fingerprint density at radius 3 is 2.50 bits per heavy atom. The Morgan fingerprint density at radius 2 is 1.71 bits per heavy atom. The molecule has 0 aliphatic rings. The number of benzene rings is 2. The largest absolute Gasteiger partial charge is 0.383 e. The van der Waals surface area contributed by atoms with Crippen LogP contribution in [0.1, 0.15) is 11.3 Å². The van der Waals surface area contributed by atoms with Gasteiger partial charge in [0.15, 0.2) is 0 Å². The van der Waals surface area contributed by atoms with Gasteiger partial charge in [0.25, 0.3) is 0 Å². The third-order valence-electron chi connectivity index (χ3n) is 5.99. The van der Waals surface area contributed by atoms with E-state index in [1.165, 1.54) is 0 Å². The van der Waals surface area contributed by atoms with E-state index in [2.05, 4.69) is 28.3 Å². The zero-order valence-electron chi connectivity index (χ0n) is 19.1. The Kier molecular flexibility index (Phi) is 6.31. The lowest BCUT2D eigenvalue weighted by Gasteiger charge is -2.13. The van der Waals surface area contributed by atoms with E-state index in [9.17, 15) is 4.79 Å². The summed E-state index contributed by atoms with van der Waals surface area (Å²) >= 11 is 0. The molecule has 0 saturated carbocycles. The summed E-state index contributed by atoms with van der Waals surface area (Å²) in [5, 5.41) is 4.38. The molecule has 6 heteroatoms. The molecular weight excluding hydrogens is 424 g/mol. The molecule has 0 radical (unpaired) electrons. The summed E-state index contributed by atoms with van der Waals surface area (Å²) < 4.78 is 9.00. The van der Waals surface area contributed by atoms with Crippen molar-refractivity contribution in [2.24, 2.45) is 0 Å². The molecule has 2 aromatic carbocycles. The quantitative estimate of drug-likeness (QED) is 0.322. The zero-order valence-corrected chi connectivity index (χ0v) is 19.1. The first-order valence-electron chi connectivity index (χ1n) is 11.3. The number of ether oxygens (including phenoxy) is 1. The molecule has 5 aromatic rings. The number of ketones is 1. The number of nitrogens with zero attached hydrogens (tertiary/aromatic N) is 4. The summed E-state index contributed by atoms with van der Waals surface area (Å²) in [6.07, 6.45) is 8.19. The number of imidazole rings is 1. The molecule has 0 saturated heterocycles. The number of rotatable bonds is 9. The van der Waals surface area contributed by atoms with Crippen molar-refractivity contribution in [1.29, 1.82) is 0 Å². The fourth-order valence-corrected chi connectivity index (χ4v) is 4.22. The lowest BCUT2D eigenvalue weighted by atomic mass is 9.97. The van der Waals surface area contributed by atoms with Crippen LogP contribution in [0.2, 0.25) is 0 Å². The maximum Gasteiger partial charge on any atom is 0.143 e. The minimum absolute atomic E-state index is 0.165. The molecule has 0 bridgehead atoms. The van der Waals surface area contributed by atoms with Crippen molar-refractivity contribution >= 4 is 11.3 Å². The Labute approximate surface area is 198 Å². The molecule has 0 aliphatic heterocycles. The van der Waals surface area contributed by atoms with E-state index in [0.717, 1.165) is 45.6 Å². The predicted octanol–water partition coefficient (Wildman–Crippen LogP) is 4.87.